The highest BCUT2D eigenvalue weighted by molar-refractivity contribution is 7.14. The Labute approximate surface area is 171 Å². The summed E-state index contributed by atoms with van der Waals surface area (Å²) >= 11 is 1.41. The van der Waals surface area contributed by atoms with Crippen molar-refractivity contribution in [2.45, 2.75) is 6.42 Å². The van der Waals surface area contributed by atoms with E-state index in [2.05, 4.69) is 28.5 Å². The minimum Gasteiger partial charge on any atom is -0.486 e. The number of hydrogen-bond donors (Lipinski definition) is 1. The second-order valence-electron chi connectivity index (χ2n) is 6.80. The number of aromatic nitrogens is 1. The molecule has 1 aliphatic rings. The minimum absolute atomic E-state index is 0.0802. The first-order chi connectivity index (χ1) is 14.2. The standard InChI is InChI=1S/C23H18N2O3S/c26-22(12-15-5-6-16-3-1-2-4-17(16)11-15)25-23-24-19(14-29-23)18-7-8-20-21(13-18)28-10-9-27-20/h1-8,11,13-14H,9-10,12H2,(H,24,25,26). The molecule has 0 bridgehead atoms. The zero-order valence-corrected chi connectivity index (χ0v) is 16.4. The summed E-state index contributed by atoms with van der Waals surface area (Å²) in [5, 5.41) is 7.71. The lowest BCUT2D eigenvalue weighted by atomic mass is 10.1. The van der Waals surface area contributed by atoms with Gasteiger partial charge < -0.3 is 14.8 Å². The molecule has 5 rings (SSSR count). The summed E-state index contributed by atoms with van der Waals surface area (Å²) in [6, 6.07) is 20.0. The molecule has 1 aromatic heterocycles. The summed E-state index contributed by atoms with van der Waals surface area (Å²) in [6.45, 7) is 1.11. The van der Waals surface area contributed by atoms with Crippen molar-refractivity contribution < 1.29 is 14.3 Å². The van der Waals surface area contributed by atoms with Crippen molar-refractivity contribution in [1.82, 2.24) is 4.98 Å². The number of nitrogens with zero attached hydrogens (tertiary/aromatic N) is 1. The molecule has 0 unspecified atom stereocenters. The van der Waals surface area contributed by atoms with Crippen LogP contribution in [0.2, 0.25) is 0 Å². The van der Waals surface area contributed by atoms with Gasteiger partial charge >= 0.3 is 0 Å². The summed E-state index contributed by atoms with van der Waals surface area (Å²) in [7, 11) is 0. The highest BCUT2D eigenvalue weighted by atomic mass is 32.1. The third-order valence-corrected chi connectivity index (χ3v) is 5.52. The Morgan fingerprint density at radius 2 is 1.79 bits per heavy atom. The van der Waals surface area contributed by atoms with Crippen molar-refractivity contribution in [2.75, 3.05) is 18.5 Å². The van der Waals surface area contributed by atoms with Gasteiger partial charge in [-0.2, -0.15) is 0 Å². The predicted molar refractivity (Wildman–Crippen MR) is 115 cm³/mol. The fourth-order valence-electron chi connectivity index (χ4n) is 3.36. The van der Waals surface area contributed by atoms with E-state index in [1.165, 1.54) is 16.7 Å². The zero-order chi connectivity index (χ0) is 19.6. The van der Waals surface area contributed by atoms with Gasteiger partial charge in [-0.3, -0.25) is 4.79 Å². The number of carbonyl (C=O) groups is 1. The van der Waals surface area contributed by atoms with Gasteiger partial charge in [-0.05, 0) is 34.5 Å². The van der Waals surface area contributed by atoms with Gasteiger partial charge in [0.15, 0.2) is 16.6 Å². The number of carbonyl (C=O) groups excluding carboxylic acids is 1. The maximum atomic E-state index is 12.5. The van der Waals surface area contributed by atoms with E-state index < -0.39 is 0 Å². The number of hydrogen-bond acceptors (Lipinski definition) is 5. The van der Waals surface area contributed by atoms with Crippen molar-refractivity contribution in [1.29, 1.82) is 0 Å². The number of rotatable bonds is 4. The van der Waals surface area contributed by atoms with Gasteiger partial charge in [0.1, 0.15) is 13.2 Å². The van der Waals surface area contributed by atoms with Gasteiger partial charge in [0, 0.05) is 10.9 Å². The molecule has 1 aliphatic heterocycles. The third kappa shape index (κ3) is 3.79. The van der Waals surface area contributed by atoms with Gasteiger partial charge in [-0.25, -0.2) is 4.98 Å². The van der Waals surface area contributed by atoms with Crippen molar-refractivity contribution in [2.24, 2.45) is 0 Å². The Morgan fingerprint density at radius 1 is 0.966 bits per heavy atom. The van der Waals surface area contributed by atoms with Crippen molar-refractivity contribution in [3.8, 4) is 22.8 Å². The average Bonchev–Trinajstić information content (AvgIpc) is 3.21. The Bertz CT molecular complexity index is 1200. The fraction of sp³-hybridized carbons (Fsp3) is 0.130. The molecule has 6 heteroatoms. The molecule has 3 aromatic carbocycles. The molecule has 0 radical (unpaired) electrons. The molecule has 1 N–H and O–H groups in total. The summed E-state index contributed by atoms with van der Waals surface area (Å²) < 4.78 is 11.2. The lowest BCUT2D eigenvalue weighted by Gasteiger charge is -2.18. The van der Waals surface area contributed by atoms with E-state index in [1.807, 2.05) is 47.8 Å². The molecule has 0 saturated heterocycles. The molecule has 5 nitrogen and oxygen atoms in total. The van der Waals surface area contributed by atoms with E-state index in [-0.39, 0.29) is 5.91 Å². The molecule has 29 heavy (non-hydrogen) atoms. The highest BCUT2D eigenvalue weighted by Crippen LogP contribution is 2.35. The maximum Gasteiger partial charge on any atom is 0.230 e. The number of amides is 1. The van der Waals surface area contributed by atoms with Crippen LogP contribution < -0.4 is 14.8 Å². The largest absolute Gasteiger partial charge is 0.486 e. The number of nitrogens with one attached hydrogen (secondary N) is 1. The lowest BCUT2D eigenvalue weighted by Crippen LogP contribution is -2.15. The Hall–Kier alpha value is -3.38. The Morgan fingerprint density at radius 3 is 2.69 bits per heavy atom. The van der Waals surface area contributed by atoms with Crippen LogP contribution in [0.5, 0.6) is 11.5 Å². The number of thiazole rings is 1. The van der Waals surface area contributed by atoms with Crippen molar-refractivity contribution in [3.05, 3.63) is 71.6 Å². The van der Waals surface area contributed by atoms with Gasteiger partial charge in [-0.1, -0.05) is 42.5 Å². The number of anilines is 1. The van der Waals surface area contributed by atoms with Crippen molar-refractivity contribution >= 4 is 33.1 Å². The first kappa shape index (κ1) is 17.7. The van der Waals surface area contributed by atoms with E-state index in [1.54, 1.807) is 0 Å². The molecule has 1 amide bonds. The Balaban J connectivity index is 1.28. The van der Waals surface area contributed by atoms with E-state index in [9.17, 15) is 4.79 Å². The van der Waals surface area contributed by atoms with E-state index in [4.69, 9.17) is 9.47 Å². The fourth-order valence-corrected chi connectivity index (χ4v) is 4.10. The average molecular weight is 402 g/mol. The molecule has 0 spiro atoms. The molecule has 0 saturated carbocycles. The molecule has 2 heterocycles. The van der Waals surface area contributed by atoms with Gasteiger partial charge in [0.25, 0.3) is 0 Å². The SMILES string of the molecule is O=C(Cc1ccc2ccccc2c1)Nc1nc(-c2ccc3c(c2)OCCO3)cs1. The van der Waals surface area contributed by atoms with Crippen LogP contribution in [0.3, 0.4) is 0 Å². The van der Waals surface area contributed by atoms with Crippen LogP contribution in [0.4, 0.5) is 5.13 Å². The van der Waals surface area contributed by atoms with Gasteiger partial charge in [0.05, 0.1) is 12.1 Å². The van der Waals surface area contributed by atoms with Crippen LogP contribution in [0.25, 0.3) is 22.0 Å². The van der Waals surface area contributed by atoms with Gasteiger partial charge in [0.2, 0.25) is 5.91 Å². The molecule has 4 aromatic rings. The monoisotopic (exact) mass is 402 g/mol. The molecule has 144 valence electrons. The molecular weight excluding hydrogens is 384 g/mol. The van der Waals surface area contributed by atoms with E-state index >= 15 is 0 Å². The smallest absolute Gasteiger partial charge is 0.230 e. The number of fused-ring (bicyclic) bond motifs is 2. The van der Waals surface area contributed by atoms with Crippen LogP contribution >= 0.6 is 11.3 Å². The molecule has 0 atom stereocenters. The normalized spacial score (nSPS) is 12.7. The molecule has 0 fully saturated rings. The summed E-state index contributed by atoms with van der Waals surface area (Å²) in [5.41, 5.74) is 2.71. The van der Waals surface area contributed by atoms with Crippen molar-refractivity contribution in [3.63, 3.8) is 0 Å². The second kappa shape index (κ2) is 7.56. The Kier molecular flexibility index (Phi) is 4.62. The minimum atomic E-state index is -0.0802. The quantitative estimate of drug-likeness (QED) is 0.527. The topological polar surface area (TPSA) is 60.5 Å². The second-order valence-corrected chi connectivity index (χ2v) is 7.66. The van der Waals surface area contributed by atoms with E-state index in [0.29, 0.717) is 24.8 Å². The summed E-state index contributed by atoms with van der Waals surface area (Å²) in [6.07, 6.45) is 0.309. The van der Waals surface area contributed by atoms with Crippen LogP contribution in [0.15, 0.2) is 66.0 Å². The first-order valence-electron chi connectivity index (χ1n) is 9.38. The molecular formula is C23H18N2O3S. The molecule has 0 aliphatic carbocycles. The van der Waals surface area contributed by atoms with Crippen LogP contribution in [0, 0.1) is 0 Å². The summed E-state index contributed by atoms with van der Waals surface area (Å²) in [4.78, 5) is 17.0. The highest BCUT2D eigenvalue weighted by Gasteiger charge is 2.14. The first-order valence-corrected chi connectivity index (χ1v) is 10.3. The van der Waals surface area contributed by atoms with Crippen LogP contribution in [-0.2, 0) is 11.2 Å². The predicted octanol–water partition coefficient (Wildman–Crippen LogP) is 4.92. The summed E-state index contributed by atoms with van der Waals surface area (Å²) in [5.74, 6) is 1.39. The number of benzene rings is 3. The maximum absolute atomic E-state index is 12.5. The zero-order valence-electron chi connectivity index (χ0n) is 15.6. The van der Waals surface area contributed by atoms with Crippen LogP contribution in [-0.4, -0.2) is 24.1 Å². The number of ether oxygens (including phenoxy) is 2. The van der Waals surface area contributed by atoms with Crippen LogP contribution in [0.1, 0.15) is 5.56 Å². The third-order valence-electron chi connectivity index (χ3n) is 4.77. The van der Waals surface area contributed by atoms with Gasteiger partial charge in [-0.15, -0.1) is 11.3 Å². The lowest BCUT2D eigenvalue weighted by molar-refractivity contribution is -0.115. The van der Waals surface area contributed by atoms with E-state index in [0.717, 1.165) is 33.7 Å².